The standard InChI is InChI=1S/C8H12N2O3S/c1-8(2,13-7(9)12)3-6-10-5(11)4-14-6/h3-4H2,1-2H3,(H2,9,12). The summed E-state index contributed by atoms with van der Waals surface area (Å²) in [5.41, 5.74) is 4.20. The van der Waals surface area contributed by atoms with E-state index in [0.29, 0.717) is 17.2 Å². The van der Waals surface area contributed by atoms with Gasteiger partial charge in [0.1, 0.15) is 5.60 Å². The highest BCUT2D eigenvalue weighted by Gasteiger charge is 2.27. The predicted octanol–water partition coefficient (Wildman–Crippen LogP) is 0.922. The third-order valence-electron chi connectivity index (χ3n) is 1.57. The van der Waals surface area contributed by atoms with Gasteiger partial charge in [0.2, 0.25) is 0 Å². The highest BCUT2D eigenvalue weighted by Crippen LogP contribution is 2.24. The van der Waals surface area contributed by atoms with E-state index in [0.717, 1.165) is 0 Å². The molecule has 0 atom stereocenters. The molecule has 0 spiro atoms. The molecule has 2 N–H and O–H groups in total. The zero-order valence-corrected chi connectivity index (χ0v) is 8.89. The van der Waals surface area contributed by atoms with E-state index in [1.54, 1.807) is 13.8 Å². The minimum absolute atomic E-state index is 0.139. The van der Waals surface area contributed by atoms with Crippen molar-refractivity contribution in [1.82, 2.24) is 0 Å². The van der Waals surface area contributed by atoms with Crippen LogP contribution in [0.5, 0.6) is 0 Å². The molecule has 0 aromatic heterocycles. The van der Waals surface area contributed by atoms with Crippen molar-refractivity contribution in [2.24, 2.45) is 10.7 Å². The van der Waals surface area contributed by atoms with Crippen molar-refractivity contribution in [2.45, 2.75) is 25.9 Å². The smallest absolute Gasteiger partial charge is 0.405 e. The van der Waals surface area contributed by atoms with E-state index in [4.69, 9.17) is 10.5 Å². The SMILES string of the molecule is CC(C)(CC1=NC(=O)CS1)OC(N)=O. The van der Waals surface area contributed by atoms with Crippen molar-refractivity contribution < 1.29 is 14.3 Å². The normalized spacial score (nSPS) is 16.7. The average molecular weight is 216 g/mol. The van der Waals surface area contributed by atoms with Crippen LogP contribution in [0.25, 0.3) is 0 Å². The largest absolute Gasteiger partial charge is 0.443 e. The minimum Gasteiger partial charge on any atom is -0.443 e. The molecule has 78 valence electrons. The molecular formula is C8H12N2O3S. The first kappa shape index (κ1) is 11.0. The van der Waals surface area contributed by atoms with Gasteiger partial charge in [0.15, 0.2) is 0 Å². The molecule has 0 saturated heterocycles. The number of carbonyl (C=O) groups excluding carboxylic acids is 2. The zero-order valence-electron chi connectivity index (χ0n) is 8.07. The number of primary amides is 1. The van der Waals surface area contributed by atoms with Gasteiger partial charge >= 0.3 is 6.09 Å². The maximum atomic E-state index is 10.8. The molecule has 0 radical (unpaired) electrons. The highest BCUT2D eigenvalue weighted by molar-refractivity contribution is 8.15. The Morgan fingerprint density at radius 2 is 2.36 bits per heavy atom. The van der Waals surface area contributed by atoms with Crippen LogP contribution in [0, 0.1) is 0 Å². The summed E-state index contributed by atoms with van der Waals surface area (Å²) in [6.45, 7) is 3.45. The average Bonchev–Trinajstić information content (AvgIpc) is 2.30. The van der Waals surface area contributed by atoms with Crippen LogP contribution in [0.3, 0.4) is 0 Å². The Labute approximate surface area is 86.1 Å². The van der Waals surface area contributed by atoms with Crippen LogP contribution < -0.4 is 5.73 Å². The maximum Gasteiger partial charge on any atom is 0.405 e. The molecule has 0 aliphatic carbocycles. The van der Waals surface area contributed by atoms with Crippen LogP contribution in [-0.2, 0) is 9.53 Å². The van der Waals surface area contributed by atoms with Gasteiger partial charge in [-0.2, -0.15) is 0 Å². The van der Waals surface area contributed by atoms with Crippen molar-refractivity contribution >= 4 is 28.8 Å². The number of hydrogen-bond acceptors (Lipinski definition) is 4. The fourth-order valence-electron chi connectivity index (χ4n) is 1.11. The lowest BCUT2D eigenvalue weighted by molar-refractivity contribution is -0.115. The van der Waals surface area contributed by atoms with Crippen molar-refractivity contribution in [3.63, 3.8) is 0 Å². The fraction of sp³-hybridized carbons (Fsp3) is 0.625. The molecule has 1 rings (SSSR count). The van der Waals surface area contributed by atoms with Crippen LogP contribution in [-0.4, -0.2) is 28.4 Å². The van der Waals surface area contributed by atoms with Crippen LogP contribution in [0.4, 0.5) is 4.79 Å². The number of nitrogens with zero attached hydrogens (tertiary/aromatic N) is 1. The number of nitrogens with two attached hydrogens (primary N) is 1. The molecule has 0 unspecified atom stereocenters. The minimum atomic E-state index is -0.815. The number of thioether (sulfide) groups is 1. The highest BCUT2D eigenvalue weighted by atomic mass is 32.2. The van der Waals surface area contributed by atoms with Gasteiger partial charge in [0, 0.05) is 6.42 Å². The van der Waals surface area contributed by atoms with Crippen LogP contribution in [0.2, 0.25) is 0 Å². The molecule has 0 fully saturated rings. The molecule has 1 heterocycles. The lowest BCUT2D eigenvalue weighted by Crippen LogP contribution is -2.32. The number of amides is 2. The number of hydrogen-bond donors (Lipinski definition) is 1. The quantitative estimate of drug-likeness (QED) is 0.760. The summed E-state index contributed by atoms with van der Waals surface area (Å²) in [4.78, 5) is 25.1. The number of rotatable bonds is 3. The lowest BCUT2D eigenvalue weighted by Gasteiger charge is -2.23. The summed E-state index contributed by atoms with van der Waals surface area (Å²) in [6, 6.07) is 0. The topological polar surface area (TPSA) is 81.8 Å². The van der Waals surface area contributed by atoms with E-state index in [2.05, 4.69) is 4.99 Å². The number of ether oxygens (including phenoxy) is 1. The van der Waals surface area contributed by atoms with Gasteiger partial charge < -0.3 is 10.5 Å². The Bertz CT molecular complexity index is 299. The molecule has 6 heteroatoms. The first-order valence-electron chi connectivity index (χ1n) is 4.11. The second-order valence-electron chi connectivity index (χ2n) is 3.55. The molecule has 2 amide bonds. The summed E-state index contributed by atoms with van der Waals surface area (Å²) in [5, 5.41) is 0.696. The van der Waals surface area contributed by atoms with Crippen molar-refractivity contribution in [3.8, 4) is 0 Å². The van der Waals surface area contributed by atoms with Crippen LogP contribution in [0.15, 0.2) is 4.99 Å². The van der Waals surface area contributed by atoms with E-state index in [9.17, 15) is 9.59 Å². The molecule has 0 aromatic carbocycles. The molecule has 1 aliphatic heterocycles. The Morgan fingerprint density at radius 3 is 2.79 bits per heavy atom. The second-order valence-corrected chi connectivity index (χ2v) is 4.59. The second kappa shape index (κ2) is 4.00. The fourth-order valence-corrected chi connectivity index (χ4v) is 2.08. The number of carbonyl (C=O) groups is 2. The first-order chi connectivity index (χ1) is 6.39. The van der Waals surface area contributed by atoms with Crippen molar-refractivity contribution in [2.75, 3.05) is 5.75 Å². The van der Waals surface area contributed by atoms with Gasteiger partial charge in [-0.3, -0.25) is 4.79 Å². The summed E-state index contributed by atoms with van der Waals surface area (Å²) < 4.78 is 4.87. The lowest BCUT2D eigenvalue weighted by atomic mass is 10.1. The molecule has 1 aliphatic rings. The molecule has 0 bridgehead atoms. The van der Waals surface area contributed by atoms with Crippen molar-refractivity contribution in [1.29, 1.82) is 0 Å². The Balaban J connectivity index is 2.54. The van der Waals surface area contributed by atoms with Gasteiger partial charge in [0.05, 0.1) is 10.8 Å². The van der Waals surface area contributed by atoms with Crippen LogP contribution >= 0.6 is 11.8 Å². The van der Waals surface area contributed by atoms with Crippen LogP contribution in [0.1, 0.15) is 20.3 Å². The van der Waals surface area contributed by atoms with E-state index >= 15 is 0 Å². The molecule has 0 saturated carbocycles. The summed E-state index contributed by atoms with van der Waals surface area (Å²) in [5.74, 6) is 0.238. The van der Waals surface area contributed by atoms with E-state index in [1.807, 2.05) is 0 Å². The van der Waals surface area contributed by atoms with Gasteiger partial charge in [-0.05, 0) is 13.8 Å². The Kier molecular flexibility index (Phi) is 3.15. The third kappa shape index (κ3) is 3.37. The zero-order chi connectivity index (χ0) is 10.8. The van der Waals surface area contributed by atoms with E-state index in [1.165, 1.54) is 11.8 Å². The van der Waals surface area contributed by atoms with Gasteiger partial charge in [-0.25, -0.2) is 9.79 Å². The maximum absolute atomic E-state index is 10.8. The molecule has 0 aromatic rings. The Morgan fingerprint density at radius 1 is 1.71 bits per heavy atom. The van der Waals surface area contributed by atoms with E-state index in [-0.39, 0.29) is 5.91 Å². The third-order valence-corrected chi connectivity index (χ3v) is 2.53. The monoisotopic (exact) mass is 216 g/mol. The van der Waals surface area contributed by atoms with E-state index < -0.39 is 11.7 Å². The molecular weight excluding hydrogens is 204 g/mol. The molecule has 14 heavy (non-hydrogen) atoms. The molecule has 5 nitrogen and oxygen atoms in total. The van der Waals surface area contributed by atoms with Gasteiger partial charge in [-0.1, -0.05) is 0 Å². The first-order valence-corrected chi connectivity index (χ1v) is 5.09. The van der Waals surface area contributed by atoms with Crippen molar-refractivity contribution in [3.05, 3.63) is 0 Å². The predicted molar refractivity (Wildman–Crippen MR) is 54.3 cm³/mol. The Hall–Kier alpha value is -1.04. The summed E-state index contributed by atoms with van der Waals surface area (Å²) >= 11 is 1.37. The number of aliphatic imine (C=N–C) groups is 1. The van der Waals surface area contributed by atoms with Gasteiger partial charge in [-0.15, -0.1) is 11.8 Å². The summed E-state index contributed by atoms with van der Waals surface area (Å²) in [6.07, 6.45) is -0.392. The van der Waals surface area contributed by atoms with Gasteiger partial charge in [0.25, 0.3) is 5.91 Å². The summed E-state index contributed by atoms with van der Waals surface area (Å²) in [7, 11) is 0.